The molecule has 1 amide bonds. The molecule has 0 saturated carbocycles. The van der Waals surface area contributed by atoms with E-state index in [2.05, 4.69) is 20.5 Å². The maximum Gasteiger partial charge on any atom is 0.230 e. The molecule has 0 unspecified atom stereocenters. The molecule has 0 saturated heterocycles. The third-order valence-electron chi connectivity index (χ3n) is 2.86. The highest BCUT2D eigenvalue weighted by Gasteiger charge is 2.08. The number of ether oxygens (including phenoxy) is 1. The number of thioether (sulfide) groups is 1. The zero-order valence-electron chi connectivity index (χ0n) is 12.7. The Hall–Kier alpha value is -2.53. The Morgan fingerprint density at radius 2 is 2.30 bits per heavy atom. The molecule has 0 fully saturated rings. The van der Waals surface area contributed by atoms with Gasteiger partial charge in [-0.2, -0.15) is 5.26 Å². The summed E-state index contributed by atoms with van der Waals surface area (Å²) in [4.78, 5) is 15.8. The number of benzene rings is 1. The van der Waals surface area contributed by atoms with E-state index in [4.69, 9.17) is 10.00 Å². The van der Waals surface area contributed by atoms with Gasteiger partial charge < -0.3 is 10.1 Å². The number of nitrogens with one attached hydrogen (secondary N) is 2. The highest BCUT2D eigenvalue weighted by molar-refractivity contribution is 7.99. The lowest BCUT2D eigenvalue weighted by Crippen LogP contribution is -2.25. The summed E-state index contributed by atoms with van der Waals surface area (Å²) >= 11 is 1.23. The van der Waals surface area contributed by atoms with Crippen LogP contribution in [0, 0.1) is 18.3 Å². The van der Waals surface area contributed by atoms with E-state index in [0.29, 0.717) is 23.9 Å². The zero-order chi connectivity index (χ0) is 16.5. The summed E-state index contributed by atoms with van der Waals surface area (Å²) in [5, 5.41) is 18.4. The van der Waals surface area contributed by atoms with E-state index in [9.17, 15) is 4.79 Å². The first-order chi connectivity index (χ1) is 11.2. The number of aromatic amines is 1. The van der Waals surface area contributed by atoms with Crippen LogP contribution in [0.2, 0.25) is 0 Å². The molecule has 1 heterocycles. The molecule has 0 spiro atoms. The van der Waals surface area contributed by atoms with Gasteiger partial charge in [0.2, 0.25) is 11.1 Å². The molecule has 7 nitrogen and oxygen atoms in total. The summed E-state index contributed by atoms with van der Waals surface area (Å²) in [6.07, 6.45) is 0.303. The van der Waals surface area contributed by atoms with Gasteiger partial charge in [-0.1, -0.05) is 30.0 Å². The van der Waals surface area contributed by atoms with Gasteiger partial charge in [-0.25, -0.2) is 4.98 Å². The van der Waals surface area contributed by atoms with Crippen LogP contribution in [0.4, 0.5) is 0 Å². The third-order valence-corrected chi connectivity index (χ3v) is 3.71. The summed E-state index contributed by atoms with van der Waals surface area (Å²) in [5.74, 6) is 1.46. The van der Waals surface area contributed by atoms with Gasteiger partial charge >= 0.3 is 0 Å². The molecule has 120 valence electrons. The molecular formula is C15H17N5O2S. The predicted octanol–water partition coefficient (Wildman–Crippen LogP) is 1.81. The molecule has 0 radical (unpaired) electrons. The van der Waals surface area contributed by atoms with Crippen molar-refractivity contribution in [1.82, 2.24) is 20.5 Å². The Balaban J connectivity index is 1.76. The van der Waals surface area contributed by atoms with Crippen molar-refractivity contribution in [3.8, 4) is 11.8 Å². The predicted molar refractivity (Wildman–Crippen MR) is 85.9 cm³/mol. The van der Waals surface area contributed by atoms with Gasteiger partial charge in [-0.3, -0.25) is 9.89 Å². The number of carbonyl (C=O) groups is 1. The minimum absolute atomic E-state index is 0.146. The van der Waals surface area contributed by atoms with E-state index >= 15 is 0 Å². The summed E-state index contributed by atoms with van der Waals surface area (Å²) in [7, 11) is 0. The van der Waals surface area contributed by atoms with Crippen LogP contribution in [0.3, 0.4) is 0 Å². The van der Waals surface area contributed by atoms with Gasteiger partial charge in [0.15, 0.2) is 5.82 Å². The smallest absolute Gasteiger partial charge is 0.230 e. The largest absolute Gasteiger partial charge is 0.485 e. The topological polar surface area (TPSA) is 104 Å². The SMILES string of the molecule is Cc1ccccc1OCc1nc(SCC(=O)NCCC#N)n[nH]1. The average molecular weight is 331 g/mol. The van der Waals surface area contributed by atoms with Gasteiger partial charge in [-0.15, -0.1) is 5.10 Å². The van der Waals surface area contributed by atoms with Crippen molar-refractivity contribution in [3.05, 3.63) is 35.7 Å². The number of para-hydroxylation sites is 1. The van der Waals surface area contributed by atoms with E-state index in [1.807, 2.05) is 37.3 Å². The molecule has 2 N–H and O–H groups in total. The van der Waals surface area contributed by atoms with Crippen molar-refractivity contribution in [2.45, 2.75) is 25.1 Å². The van der Waals surface area contributed by atoms with E-state index in [1.165, 1.54) is 11.8 Å². The number of H-pyrrole nitrogens is 1. The third kappa shape index (κ3) is 5.64. The Labute approximate surface area is 138 Å². The molecule has 8 heteroatoms. The normalized spacial score (nSPS) is 10.1. The molecule has 0 atom stereocenters. The van der Waals surface area contributed by atoms with Crippen LogP contribution in [-0.4, -0.2) is 33.4 Å². The van der Waals surface area contributed by atoms with E-state index in [0.717, 1.165) is 11.3 Å². The fourth-order valence-corrected chi connectivity index (χ4v) is 2.36. The number of aryl methyl sites for hydroxylation is 1. The number of nitriles is 1. The summed E-state index contributed by atoms with van der Waals surface area (Å²) in [5.41, 5.74) is 1.05. The number of hydrogen-bond donors (Lipinski definition) is 2. The number of carbonyl (C=O) groups excluding carboxylic acids is 1. The van der Waals surface area contributed by atoms with Gasteiger partial charge in [0, 0.05) is 6.54 Å². The fraction of sp³-hybridized carbons (Fsp3) is 0.333. The highest BCUT2D eigenvalue weighted by Crippen LogP contribution is 2.18. The number of amides is 1. The number of aromatic nitrogens is 3. The number of rotatable bonds is 8. The lowest BCUT2D eigenvalue weighted by Gasteiger charge is -2.06. The fourth-order valence-electron chi connectivity index (χ4n) is 1.71. The van der Waals surface area contributed by atoms with Crippen LogP contribution in [-0.2, 0) is 11.4 Å². The van der Waals surface area contributed by atoms with E-state index < -0.39 is 0 Å². The second-order valence-corrected chi connectivity index (χ2v) is 5.61. The van der Waals surface area contributed by atoms with Crippen molar-refractivity contribution in [3.63, 3.8) is 0 Å². The first kappa shape index (κ1) is 16.8. The maximum atomic E-state index is 11.5. The van der Waals surface area contributed by atoms with Gasteiger partial charge in [-0.05, 0) is 18.6 Å². The number of nitrogens with zero attached hydrogens (tertiary/aromatic N) is 3. The van der Waals surface area contributed by atoms with Crippen molar-refractivity contribution < 1.29 is 9.53 Å². The standard InChI is InChI=1S/C15H17N5O2S/c1-11-5-2-3-6-12(11)22-9-13-18-15(20-19-13)23-10-14(21)17-8-4-7-16/h2-3,5-6H,4,8-10H2,1H3,(H,17,21)(H,18,19,20). The molecule has 2 aromatic rings. The van der Waals surface area contributed by atoms with Gasteiger partial charge in [0.1, 0.15) is 12.4 Å². The summed E-state index contributed by atoms with van der Waals surface area (Å²) < 4.78 is 5.67. The van der Waals surface area contributed by atoms with Crippen LogP contribution in [0.5, 0.6) is 5.75 Å². The van der Waals surface area contributed by atoms with E-state index in [1.54, 1.807) is 0 Å². The van der Waals surface area contributed by atoms with Crippen LogP contribution >= 0.6 is 11.8 Å². The molecule has 0 aliphatic carbocycles. The van der Waals surface area contributed by atoms with Gasteiger partial charge in [0.25, 0.3) is 0 Å². The van der Waals surface area contributed by atoms with Crippen molar-refractivity contribution >= 4 is 17.7 Å². The summed E-state index contributed by atoms with van der Waals surface area (Å²) in [6.45, 7) is 2.62. The molecular weight excluding hydrogens is 314 g/mol. The molecule has 0 aliphatic heterocycles. The van der Waals surface area contributed by atoms with Crippen LogP contribution < -0.4 is 10.1 Å². The molecule has 1 aromatic heterocycles. The Morgan fingerprint density at radius 1 is 1.48 bits per heavy atom. The van der Waals surface area contributed by atoms with Crippen LogP contribution in [0.25, 0.3) is 0 Å². The second kappa shape index (κ2) is 8.80. The first-order valence-corrected chi connectivity index (χ1v) is 8.03. The average Bonchev–Trinajstić information content (AvgIpc) is 3.00. The first-order valence-electron chi connectivity index (χ1n) is 7.05. The Bertz CT molecular complexity index is 695. The quantitative estimate of drug-likeness (QED) is 0.565. The van der Waals surface area contributed by atoms with Crippen molar-refractivity contribution in [2.75, 3.05) is 12.3 Å². The van der Waals surface area contributed by atoms with Gasteiger partial charge in [0.05, 0.1) is 18.2 Å². The second-order valence-electron chi connectivity index (χ2n) is 4.67. The maximum absolute atomic E-state index is 11.5. The lowest BCUT2D eigenvalue weighted by molar-refractivity contribution is -0.118. The number of hydrogen-bond acceptors (Lipinski definition) is 6. The Morgan fingerprint density at radius 3 is 3.09 bits per heavy atom. The molecule has 0 bridgehead atoms. The minimum Gasteiger partial charge on any atom is -0.485 e. The van der Waals surface area contributed by atoms with Crippen LogP contribution in [0.15, 0.2) is 29.4 Å². The molecule has 0 aliphatic rings. The monoisotopic (exact) mass is 331 g/mol. The summed E-state index contributed by atoms with van der Waals surface area (Å²) in [6, 6.07) is 9.70. The lowest BCUT2D eigenvalue weighted by atomic mass is 10.2. The molecule has 2 rings (SSSR count). The van der Waals surface area contributed by atoms with Crippen molar-refractivity contribution in [2.24, 2.45) is 0 Å². The molecule has 1 aromatic carbocycles. The highest BCUT2D eigenvalue weighted by atomic mass is 32.2. The van der Waals surface area contributed by atoms with Crippen LogP contribution in [0.1, 0.15) is 17.8 Å². The zero-order valence-corrected chi connectivity index (χ0v) is 13.5. The van der Waals surface area contributed by atoms with E-state index in [-0.39, 0.29) is 18.3 Å². The molecule has 23 heavy (non-hydrogen) atoms. The Kier molecular flexibility index (Phi) is 6.44. The minimum atomic E-state index is -0.146. The van der Waals surface area contributed by atoms with Crippen molar-refractivity contribution in [1.29, 1.82) is 5.26 Å².